The van der Waals surface area contributed by atoms with Crippen LogP contribution in [0, 0.1) is 0 Å². The lowest BCUT2D eigenvalue weighted by atomic mass is 9.93. The van der Waals surface area contributed by atoms with Gasteiger partial charge in [0.15, 0.2) is 0 Å². The molecule has 0 radical (unpaired) electrons. The number of hydrogen-bond acceptors (Lipinski definition) is 0. The Labute approximate surface area is 103 Å². The van der Waals surface area contributed by atoms with Crippen molar-refractivity contribution < 1.29 is 0 Å². The molecule has 17 heavy (non-hydrogen) atoms. The van der Waals surface area contributed by atoms with Gasteiger partial charge in [-0.25, -0.2) is 0 Å². The molecule has 2 aromatic rings. The Morgan fingerprint density at radius 2 is 1.24 bits per heavy atom. The standard InChI is InChI=1S/C17H18/c1-3-12-7-5-9-14-11-15-10-6-8-13(4-2)17(15)16(12)14/h5-10H,3-4,11H2,1-2H3. The molecular weight excluding hydrogens is 204 g/mol. The topological polar surface area (TPSA) is 0 Å². The summed E-state index contributed by atoms with van der Waals surface area (Å²) in [7, 11) is 0. The monoisotopic (exact) mass is 222 g/mol. The Kier molecular flexibility index (Phi) is 2.51. The molecule has 0 unspecified atom stereocenters. The summed E-state index contributed by atoms with van der Waals surface area (Å²) in [4.78, 5) is 0. The Balaban J connectivity index is 2.31. The zero-order valence-corrected chi connectivity index (χ0v) is 10.6. The van der Waals surface area contributed by atoms with Gasteiger partial charge in [0, 0.05) is 0 Å². The minimum absolute atomic E-state index is 1.12. The molecule has 0 aromatic heterocycles. The van der Waals surface area contributed by atoms with Crippen molar-refractivity contribution in [2.45, 2.75) is 33.1 Å². The Hall–Kier alpha value is -1.56. The second-order valence-corrected chi connectivity index (χ2v) is 4.79. The van der Waals surface area contributed by atoms with Gasteiger partial charge in [0.05, 0.1) is 0 Å². The highest BCUT2D eigenvalue weighted by Gasteiger charge is 2.22. The van der Waals surface area contributed by atoms with Crippen molar-refractivity contribution in [1.82, 2.24) is 0 Å². The first kappa shape index (κ1) is 10.6. The first-order valence-electron chi connectivity index (χ1n) is 6.57. The second kappa shape index (κ2) is 4.03. The summed E-state index contributed by atoms with van der Waals surface area (Å²) >= 11 is 0. The van der Waals surface area contributed by atoms with Gasteiger partial charge in [-0.15, -0.1) is 0 Å². The maximum atomic E-state index is 2.29. The van der Waals surface area contributed by atoms with E-state index in [0.29, 0.717) is 0 Å². The lowest BCUT2D eigenvalue weighted by Gasteiger charge is -2.11. The van der Waals surface area contributed by atoms with Crippen LogP contribution in [0.25, 0.3) is 11.1 Å². The zero-order chi connectivity index (χ0) is 11.8. The Morgan fingerprint density at radius 3 is 1.65 bits per heavy atom. The van der Waals surface area contributed by atoms with Crippen molar-refractivity contribution in [1.29, 1.82) is 0 Å². The third-order valence-corrected chi connectivity index (χ3v) is 3.87. The van der Waals surface area contributed by atoms with E-state index in [1.165, 1.54) is 33.4 Å². The van der Waals surface area contributed by atoms with Crippen LogP contribution in [0.4, 0.5) is 0 Å². The molecule has 0 atom stereocenters. The van der Waals surface area contributed by atoms with Gasteiger partial charge in [0.1, 0.15) is 0 Å². The van der Waals surface area contributed by atoms with E-state index in [-0.39, 0.29) is 0 Å². The van der Waals surface area contributed by atoms with E-state index in [0.717, 1.165) is 19.3 Å². The molecule has 1 aliphatic rings. The molecule has 0 spiro atoms. The van der Waals surface area contributed by atoms with Crippen LogP contribution in [0.2, 0.25) is 0 Å². The fraction of sp³-hybridized carbons (Fsp3) is 0.294. The summed E-state index contributed by atoms with van der Waals surface area (Å²) in [6, 6.07) is 13.5. The molecule has 0 fully saturated rings. The normalized spacial score (nSPS) is 12.4. The maximum Gasteiger partial charge on any atom is -0.00132 e. The minimum atomic E-state index is 1.12. The lowest BCUT2D eigenvalue weighted by molar-refractivity contribution is 1.12. The average molecular weight is 222 g/mol. The number of benzene rings is 2. The molecular formula is C17H18. The van der Waals surface area contributed by atoms with E-state index in [1.807, 2.05) is 0 Å². The third-order valence-electron chi connectivity index (χ3n) is 3.87. The Morgan fingerprint density at radius 1 is 0.765 bits per heavy atom. The summed E-state index contributed by atoms with van der Waals surface area (Å²) in [6.07, 6.45) is 3.37. The molecule has 0 saturated heterocycles. The smallest absolute Gasteiger partial charge is 0.00132 e. The molecule has 86 valence electrons. The van der Waals surface area contributed by atoms with Crippen LogP contribution in [0.3, 0.4) is 0 Å². The SMILES string of the molecule is CCc1cccc2c1-c1c(CC)cccc1C2. The van der Waals surface area contributed by atoms with Gasteiger partial charge in [-0.05, 0) is 52.6 Å². The van der Waals surface area contributed by atoms with E-state index in [2.05, 4.69) is 50.2 Å². The average Bonchev–Trinajstić information content (AvgIpc) is 2.76. The summed E-state index contributed by atoms with van der Waals surface area (Å²) in [6.45, 7) is 4.50. The molecule has 0 heteroatoms. The van der Waals surface area contributed by atoms with E-state index in [1.54, 1.807) is 0 Å². The summed E-state index contributed by atoms with van der Waals surface area (Å²) in [5.41, 5.74) is 9.09. The van der Waals surface area contributed by atoms with Crippen molar-refractivity contribution >= 4 is 0 Å². The van der Waals surface area contributed by atoms with Crippen LogP contribution in [-0.4, -0.2) is 0 Å². The minimum Gasteiger partial charge on any atom is -0.0617 e. The quantitative estimate of drug-likeness (QED) is 0.603. The van der Waals surface area contributed by atoms with Crippen molar-refractivity contribution in [2.24, 2.45) is 0 Å². The van der Waals surface area contributed by atoms with Crippen LogP contribution in [0.1, 0.15) is 36.1 Å². The van der Waals surface area contributed by atoms with E-state index in [4.69, 9.17) is 0 Å². The first-order chi connectivity index (χ1) is 8.35. The van der Waals surface area contributed by atoms with Crippen LogP contribution in [-0.2, 0) is 19.3 Å². The molecule has 0 saturated carbocycles. The summed E-state index contributed by atoms with van der Waals surface area (Å²) in [5.74, 6) is 0. The van der Waals surface area contributed by atoms with Gasteiger partial charge >= 0.3 is 0 Å². The number of aryl methyl sites for hydroxylation is 2. The molecule has 1 aliphatic carbocycles. The van der Waals surface area contributed by atoms with Crippen molar-refractivity contribution in [2.75, 3.05) is 0 Å². The highest BCUT2D eigenvalue weighted by molar-refractivity contribution is 5.82. The third kappa shape index (κ3) is 1.51. The van der Waals surface area contributed by atoms with Gasteiger partial charge in [-0.2, -0.15) is 0 Å². The van der Waals surface area contributed by atoms with Gasteiger partial charge in [-0.1, -0.05) is 50.2 Å². The van der Waals surface area contributed by atoms with E-state index < -0.39 is 0 Å². The maximum absolute atomic E-state index is 2.29. The zero-order valence-electron chi connectivity index (χ0n) is 10.6. The lowest BCUT2D eigenvalue weighted by Crippen LogP contribution is -1.91. The first-order valence-corrected chi connectivity index (χ1v) is 6.57. The summed E-state index contributed by atoms with van der Waals surface area (Å²) < 4.78 is 0. The van der Waals surface area contributed by atoms with Crippen molar-refractivity contribution in [3.05, 3.63) is 58.7 Å². The van der Waals surface area contributed by atoms with Gasteiger partial charge < -0.3 is 0 Å². The predicted molar refractivity (Wildman–Crippen MR) is 73.4 cm³/mol. The summed E-state index contributed by atoms with van der Waals surface area (Å²) in [5, 5.41) is 0. The van der Waals surface area contributed by atoms with Crippen LogP contribution in [0.5, 0.6) is 0 Å². The molecule has 3 rings (SSSR count). The number of hydrogen-bond donors (Lipinski definition) is 0. The highest BCUT2D eigenvalue weighted by atomic mass is 14.3. The van der Waals surface area contributed by atoms with Crippen LogP contribution >= 0.6 is 0 Å². The molecule has 0 heterocycles. The number of rotatable bonds is 2. The molecule has 0 aliphatic heterocycles. The van der Waals surface area contributed by atoms with Crippen LogP contribution in [0.15, 0.2) is 36.4 Å². The molecule has 0 amide bonds. The van der Waals surface area contributed by atoms with Crippen molar-refractivity contribution in [3.63, 3.8) is 0 Å². The Bertz CT molecular complexity index is 513. The van der Waals surface area contributed by atoms with Gasteiger partial charge in [-0.3, -0.25) is 0 Å². The highest BCUT2D eigenvalue weighted by Crippen LogP contribution is 2.41. The fourth-order valence-corrected chi connectivity index (χ4v) is 3.04. The molecule has 2 aromatic carbocycles. The largest absolute Gasteiger partial charge is 0.0617 e. The molecule has 0 N–H and O–H groups in total. The predicted octanol–water partition coefficient (Wildman–Crippen LogP) is 4.38. The van der Waals surface area contributed by atoms with Crippen LogP contribution < -0.4 is 0 Å². The van der Waals surface area contributed by atoms with E-state index in [9.17, 15) is 0 Å². The fourth-order valence-electron chi connectivity index (χ4n) is 3.04. The van der Waals surface area contributed by atoms with E-state index >= 15 is 0 Å². The molecule has 0 bridgehead atoms. The van der Waals surface area contributed by atoms with Gasteiger partial charge in [0.25, 0.3) is 0 Å². The number of fused-ring (bicyclic) bond motifs is 3. The van der Waals surface area contributed by atoms with Crippen molar-refractivity contribution in [3.8, 4) is 11.1 Å². The molecule has 0 nitrogen and oxygen atoms in total. The van der Waals surface area contributed by atoms with Gasteiger partial charge in [0.2, 0.25) is 0 Å². The second-order valence-electron chi connectivity index (χ2n) is 4.79.